The summed E-state index contributed by atoms with van der Waals surface area (Å²) in [5.74, 6) is 2.18. The second-order valence-corrected chi connectivity index (χ2v) is 5.43. The van der Waals surface area contributed by atoms with Crippen LogP contribution >= 0.6 is 0 Å². The summed E-state index contributed by atoms with van der Waals surface area (Å²) in [6, 6.07) is 5.80. The summed E-state index contributed by atoms with van der Waals surface area (Å²) in [6.07, 6.45) is 1.76. The zero-order valence-electron chi connectivity index (χ0n) is 12.4. The molecule has 0 aliphatic heterocycles. The zero-order valence-corrected chi connectivity index (χ0v) is 12.4. The Morgan fingerprint density at radius 2 is 1.85 bits per heavy atom. The average Bonchev–Trinajstić information content (AvgIpc) is 2.42. The first kappa shape index (κ1) is 14.4. The molecule has 0 aliphatic rings. The van der Waals surface area contributed by atoms with E-state index in [2.05, 4.69) is 10.3 Å². The third kappa shape index (κ3) is 3.11. The number of nitrogens with two attached hydrogens (primary N) is 1. The second kappa shape index (κ2) is 5.54. The van der Waals surface area contributed by atoms with Crippen molar-refractivity contribution in [2.24, 2.45) is 5.73 Å². The molecule has 1 aromatic heterocycles. The van der Waals surface area contributed by atoms with Crippen LogP contribution in [0.15, 0.2) is 24.4 Å². The Labute approximate surface area is 119 Å². The molecule has 108 valence electrons. The molecular formula is C15H21N3O2. The Bertz CT molecular complexity index is 606. The van der Waals surface area contributed by atoms with E-state index < -0.39 is 0 Å². The monoisotopic (exact) mass is 275 g/mol. The molecule has 1 heterocycles. The van der Waals surface area contributed by atoms with Gasteiger partial charge in [-0.15, -0.1) is 0 Å². The Kier molecular flexibility index (Phi) is 3.99. The largest absolute Gasteiger partial charge is 0.493 e. The van der Waals surface area contributed by atoms with E-state index in [1.165, 1.54) is 0 Å². The minimum absolute atomic E-state index is 0.305. The summed E-state index contributed by atoms with van der Waals surface area (Å²) < 4.78 is 10.7. The van der Waals surface area contributed by atoms with E-state index >= 15 is 0 Å². The van der Waals surface area contributed by atoms with Crippen LogP contribution in [-0.2, 0) is 0 Å². The molecule has 0 bridgehead atoms. The predicted octanol–water partition coefficient (Wildman–Crippen LogP) is 2.40. The number of aromatic nitrogens is 1. The van der Waals surface area contributed by atoms with Gasteiger partial charge in [-0.3, -0.25) is 0 Å². The van der Waals surface area contributed by atoms with Crippen molar-refractivity contribution in [3.8, 4) is 11.5 Å². The molecule has 0 saturated heterocycles. The molecule has 0 saturated carbocycles. The van der Waals surface area contributed by atoms with Crippen molar-refractivity contribution in [2.75, 3.05) is 26.1 Å². The Morgan fingerprint density at radius 1 is 1.20 bits per heavy atom. The standard InChI is InChI=1S/C15H21N3O2/c1-15(2,16)9-18-14-11-8-13(20-4)12(19-3)7-10(11)5-6-17-14/h5-8H,9,16H2,1-4H3,(H,17,18). The van der Waals surface area contributed by atoms with Gasteiger partial charge in [-0.2, -0.15) is 0 Å². The highest BCUT2D eigenvalue weighted by atomic mass is 16.5. The number of hydrogen-bond donors (Lipinski definition) is 2. The summed E-state index contributed by atoms with van der Waals surface area (Å²) in [7, 11) is 3.25. The molecule has 0 unspecified atom stereocenters. The van der Waals surface area contributed by atoms with Crippen LogP contribution in [0.5, 0.6) is 11.5 Å². The molecule has 0 spiro atoms. The number of ether oxygens (including phenoxy) is 2. The average molecular weight is 275 g/mol. The third-order valence-corrected chi connectivity index (χ3v) is 2.98. The van der Waals surface area contributed by atoms with Crippen LogP contribution in [0.1, 0.15) is 13.8 Å². The van der Waals surface area contributed by atoms with E-state index in [-0.39, 0.29) is 5.54 Å². The van der Waals surface area contributed by atoms with E-state index in [0.717, 1.165) is 16.6 Å². The summed E-state index contributed by atoms with van der Waals surface area (Å²) in [5, 5.41) is 5.30. The number of rotatable bonds is 5. The maximum atomic E-state index is 5.99. The lowest BCUT2D eigenvalue weighted by atomic mass is 10.1. The van der Waals surface area contributed by atoms with E-state index in [1.807, 2.05) is 32.0 Å². The number of fused-ring (bicyclic) bond motifs is 1. The van der Waals surface area contributed by atoms with Gasteiger partial charge < -0.3 is 20.5 Å². The predicted molar refractivity (Wildman–Crippen MR) is 81.6 cm³/mol. The van der Waals surface area contributed by atoms with Crippen molar-refractivity contribution in [1.82, 2.24) is 4.98 Å². The number of hydrogen-bond acceptors (Lipinski definition) is 5. The Hall–Kier alpha value is -2.01. The number of benzene rings is 1. The van der Waals surface area contributed by atoms with Crippen LogP contribution in [0, 0.1) is 0 Å². The zero-order chi connectivity index (χ0) is 14.8. The minimum Gasteiger partial charge on any atom is -0.493 e. The molecule has 0 atom stereocenters. The highest BCUT2D eigenvalue weighted by Crippen LogP contribution is 2.34. The topological polar surface area (TPSA) is 69.4 Å². The molecule has 3 N–H and O–H groups in total. The molecule has 2 rings (SSSR count). The van der Waals surface area contributed by atoms with Crippen LogP contribution in [0.25, 0.3) is 10.8 Å². The van der Waals surface area contributed by atoms with E-state index in [9.17, 15) is 0 Å². The summed E-state index contributed by atoms with van der Waals surface area (Å²) in [6.45, 7) is 4.57. The van der Waals surface area contributed by atoms with Gasteiger partial charge in [0.2, 0.25) is 0 Å². The van der Waals surface area contributed by atoms with Crippen LogP contribution in [0.4, 0.5) is 5.82 Å². The number of anilines is 1. The fourth-order valence-electron chi connectivity index (χ4n) is 1.95. The summed E-state index contributed by atoms with van der Waals surface area (Å²) in [5.41, 5.74) is 5.69. The summed E-state index contributed by atoms with van der Waals surface area (Å²) >= 11 is 0. The van der Waals surface area contributed by atoms with Crippen LogP contribution < -0.4 is 20.5 Å². The van der Waals surface area contributed by atoms with Gasteiger partial charge in [0.25, 0.3) is 0 Å². The van der Waals surface area contributed by atoms with Gasteiger partial charge in [-0.1, -0.05) is 0 Å². The maximum Gasteiger partial charge on any atom is 0.161 e. The van der Waals surface area contributed by atoms with Crippen molar-refractivity contribution in [3.63, 3.8) is 0 Å². The summed E-state index contributed by atoms with van der Waals surface area (Å²) in [4.78, 5) is 4.38. The van der Waals surface area contributed by atoms with Gasteiger partial charge in [-0.25, -0.2) is 4.98 Å². The lowest BCUT2D eigenvalue weighted by molar-refractivity contribution is 0.356. The van der Waals surface area contributed by atoms with Gasteiger partial charge in [0.15, 0.2) is 11.5 Å². The van der Waals surface area contributed by atoms with E-state index in [0.29, 0.717) is 18.0 Å². The minimum atomic E-state index is -0.305. The first-order valence-corrected chi connectivity index (χ1v) is 6.48. The Morgan fingerprint density at radius 3 is 2.45 bits per heavy atom. The second-order valence-electron chi connectivity index (χ2n) is 5.43. The lowest BCUT2D eigenvalue weighted by Crippen LogP contribution is -2.39. The number of methoxy groups -OCH3 is 2. The molecule has 0 fully saturated rings. The van der Waals surface area contributed by atoms with E-state index in [1.54, 1.807) is 20.4 Å². The molecule has 1 aromatic carbocycles. The number of nitrogens with zero attached hydrogens (tertiary/aromatic N) is 1. The van der Waals surface area contributed by atoms with Gasteiger partial charge in [0.05, 0.1) is 14.2 Å². The highest BCUT2D eigenvalue weighted by Gasteiger charge is 2.13. The fourth-order valence-corrected chi connectivity index (χ4v) is 1.95. The van der Waals surface area contributed by atoms with Gasteiger partial charge in [0, 0.05) is 23.7 Å². The van der Waals surface area contributed by atoms with Gasteiger partial charge in [-0.05, 0) is 37.4 Å². The Balaban J connectivity index is 2.45. The maximum absolute atomic E-state index is 5.99. The molecule has 5 heteroatoms. The van der Waals surface area contributed by atoms with E-state index in [4.69, 9.17) is 15.2 Å². The van der Waals surface area contributed by atoms with Crippen LogP contribution in [0.3, 0.4) is 0 Å². The molecule has 20 heavy (non-hydrogen) atoms. The first-order chi connectivity index (χ1) is 9.44. The number of pyridine rings is 1. The SMILES string of the molecule is COc1cc2ccnc(NCC(C)(C)N)c2cc1OC. The number of nitrogens with one attached hydrogen (secondary N) is 1. The first-order valence-electron chi connectivity index (χ1n) is 6.48. The van der Waals surface area contributed by atoms with Crippen molar-refractivity contribution in [1.29, 1.82) is 0 Å². The van der Waals surface area contributed by atoms with Gasteiger partial charge >= 0.3 is 0 Å². The third-order valence-electron chi connectivity index (χ3n) is 2.98. The fraction of sp³-hybridized carbons (Fsp3) is 0.400. The normalized spacial score (nSPS) is 11.4. The molecule has 0 aliphatic carbocycles. The quantitative estimate of drug-likeness (QED) is 0.877. The lowest BCUT2D eigenvalue weighted by Gasteiger charge is -2.20. The van der Waals surface area contributed by atoms with Crippen molar-refractivity contribution in [3.05, 3.63) is 24.4 Å². The van der Waals surface area contributed by atoms with Crippen molar-refractivity contribution in [2.45, 2.75) is 19.4 Å². The molecular weight excluding hydrogens is 254 g/mol. The molecule has 0 amide bonds. The van der Waals surface area contributed by atoms with Crippen LogP contribution in [-0.4, -0.2) is 31.3 Å². The highest BCUT2D eigenvalue weighted by molar-refractivity contribution is 5.94. The van der Waals surface area contributed by atoms with Crippen LogP contribution in [0.2, 0.25) is 0 Å². The van der Waals surface area contributed by atoms with Crippen molar-refractivity contribution >= 4 is 16.6 Å². The molecule has 5 nitrogen and oxygen atoms in total. The van der Waals surface area contributed by atoms with Gasteiger partial charge in [0.1, 0.15) is 5.82 Å². The van der Waals surface area contributed by atoms with Crippen molar-refractivity contribution < 1.29 is 9.47 Å². The molecule has 2 aromatic rings. The smallest absolute Gasteiger partial charge is 0.161 e. The molecule has 0 radical (unpaired) electrons.